The maximum atomic E-state index is 12.2. The average Bonchev–Trinajstić information content (AvgIpc) is 2.41. The molecule has 0 heterocycles. The van der Waals surface area contributed by atoms with Crippen LogP contribution in [0.2, 0.25) is 5.02 Å². The van der Waals surface area contributed by atoms with Crippen LogP contribution >= 0.6 is 27.5 Å². The molecule has 1 aromatic carbocycles. The number of rotatable bonds is 3. The van der Waals surface area contributed by atoms with Crippen molar-refractivity contribution in [2.24, 2.45) is 5.92 Å². The van der Waals surface area contributed by atoms with Crippen molar-refractivity contribution < 1.29 is 14.7 Å². The fourth-order valence-electron chi connectivity index (χ4n) is 2.48. The Morgan fingerprint density at radius 2 is 2.10 bits per heavy atom. The molecule has 108 valence electrons. The van der Waals surface area contributed by atoms with Crippen molar-refractivity contribution in [2.45, 2.75) is 31.7 Å². The van der Waals surface area contributed by atoms with Gasteiger partial charge < -0.3 is 10.4 Å². The molecule has 0 spiro atoms. The number of hydrogen-bond donors (Lipinski definition) is 2. The van der Waals surface area contributed by atoms with E-state index in [9.17, 15) is 9.59 Å². The molecule has 1 fully saturated rings. The second-order valence-corrected chi connectivity index (χ2v) is 6.32. The number of hydrogen-bond acceptors (Lipinski definition) is 2. The third kappa shape index (κ3) is 3.73. The molecule has 2 unspecified atom stereocenters. The second kappa shape index (κ2) is 6.59. The molecule has 2 N–H and O–H groups in total. The number of amides is 1. The van der Waals surface area contributed by atoms with E-state index in [-0.39, 0.29) is 17.9 Å². The van der Waals surface area contributed by atoms with Gasteiger partial charge in [-0.3, -0.25) is 9.59 Å². The van der Waals surface area contributed by atoms with Crippen molar-refractivity contribution >= 4 is 39.4 Å². The van der Waals surface area contributed by atoms with Gasteiger partial charge in [0.25, 0.3) is 5.91 Å². The Kier molecular flexibility index (Phi) is 5.05. The molecule has 0 saturated heterocycles. The first kappa shape index (κ1) is 15.3. The van der Waals surface area contributed by atoms with Gasteiger partial charge in [0.1, 0.15) is 0 Å². The maximum Gasteiger partial charge on any atom is 0.306 e. The van der Waals surface area contributed by atoms with Crippen LogP contribution in [0.15, 0.2) is 22.7 Å². The largest absolute Gasteiger partial charge is 0.481 e. The first-order valence-corrected chi connectivity index (χ1v) is 7.63. The van der Waals surface area contributed by atoms with Gasteiger partial charge in [0.05, 0.1) is 16.5 Å². The molecule has 20 heavy (non-hydrogen) atoms. The highest BCUT2D eigenvalue weighted by atomic mass is 79.9. The zero-order valence-corrected chi connectivity index (χ0v) is 13.1. The lowest BCUT2D eigenvalue weighted by atomic mass is 9.85. The van der Waals surface area contributed by atoms with Crippen LogP contribution in [0.5, 0.6) is 0 Å². The molecule has 1 saturated carbocycles. The Balaban J connectivity index is 2.04. The molecular formula is C14H15BrClNO3. The Hall–Kier alpha value is -1.07. The first-order chi connectivity index (χ1) is 9.47. The van der Waals surface area contributed by atoms with E-state index < -0.39 is 5.97 Å². The predicted octanol–water partition coefficient (Wildman–Crippen LogP) is 3.48. The van der Waals surface area contributed by atoms with Gasteiger partial charge >= 0.3 is 5.97 Å². The highest BCUT2D eigenvalue weighted by molar-refractivity contribution is 9.10. The molecule has 6 heteroatoms. The summed E-state index contributed by atoms with van der Waals surface area (Å²) in [6.45, 7) is 0. The summed E-state index contributed by atoms with van der Waals surface area (Å²) in [7, 11) is 0. The molecular weight excluding hydrogens is 346 g/mol. The molecule has 0 radical (unpaired) electrons. The molecule has 0 bridgehead atoms. The quantitative estimate of drug-likeness (QED) is 0.867. The third-order valence-electron chi connectivity index (χ3n) is 3.53. The van der Waals surface area contributed by atoms with E-state index >= 15 is 0 Å². The number of halogens is 2. The molecule has 1 amide bonds. The Morgan fingerprint density at radius 3 is 2.80 bits per heavy atom. The zero-order valence-electron chi connectivity index (χ0n) is 10.7. The molecule has 0 aliphatic heterocycles. The number of carboxylic acid groups (broad SMARTS) is 1. The van der Waals surface area contributed by atoms with Crippen LogP contribution in [0, 0.1) is 5.92 Å². The molecule has 4 nitrogen and oxygen atoms in total. The molecule has 1 aliphatic rings. The highest BCUT2D eigenvalue weighted by Crippen LogP contribution is 2.26. The molecule has 1 aliphatic carbocycles. The third-order valence-corrected chi connectivity index (χ3v) is 4.35. The van der Waals surface area contributed by atoms with Crippen molar-refractivity contribution in [3.63, 3.8) is 0 Å². The summed E-state index contributed by atoms with van der Waals surface area (Å²) < 4.78 is 0.777. The first-order valence-electron chi connectivity index (χ1n) is 6.46. The highest BCUT2D eigenvalue weighted by Gasteiger charge is 2.28. The van der Waals surface area contributed by atoms with Gasteiger partial charge in [0.15, 0.2) is 0 Å². The zero-order chi connectivity index (χ0) is 14.7. The van der Waals surface area contributed by atoms with Crippen LogP contribution in [-0.4, -0.2) is 23.0 Å². The molecule has 1 aromatic rings. The number of aliphatic carboxylic acids is 1. The normalized spacial score (nSPS) is 22.3. The lowest BCUT2D eigenvalue weighted by molar-refractivity contribution is -0.143. The molecule has 0 aromatic heterocycles. The Morgan fingerprint density at radius 1 is 1.35 bits per heavy atom. The Labute approximate surface area is 130 Å². The van der Waals surface area contributed by atoms with Crippen LogP contribution in [-0.2, 0) is 4.79 Å². The number of nitrogens with one attached hydrogen (secondary N) is 1. The van der Waals surface area contributed by atoms with Gasteiger partial charge in [-0.15, -0.1) is 0 Å². The minimum Gasteiger partial charge on any atom is -0.481 e. The monoisotopic (exact) mass is 359 g/mol. The van der Waals surface area contributed by atoms with Gasteiger partial charge in [-0.1, -0.05) is 34.0 Å². The van der Waals surface area contributed by atoms with Crippen LogP contribution in [0.3, 0.4) is 0 Å². The van der Waals surface area contributed by atoms with E-state index in [4.69, 9.17) is 16.7 Å². The lowest BCUT2D eigenvalue weighted by Gasteiger charge is -2.27. The molecule has 2 atom stereocenters. The predicted molar refractivity (Wildman–Crippen MR) is 80.0 cm³/mol. The van der Waals surface area contributed by atoms with Crippen LogP contribution in [0.4, 0.5) is 0 Å². The lowest BCUT2D eigenvalue weighted by Crippen LogP contribution is -2.40. The summed E-state index contributed by atoms with van der Waals surface area (Å²) in [5.41, 5.74) is 0.401. The second-order valence-electron chi connectivity index (χ2n) is 5.00. The SMILES string of the molecule is O=C(NC1CCCC(C(=O)O)C1)c1cc(Br)ccc1Cl. The van der Waals surface area contributed by atoms with Gasteiger partial charge in [-0.2, -0.15) is 0 Å². The number of benzene rings is 1. The number of carbonyl (C=O) groups excluding carboxylic acids is 1. The van der Waals surface area contributed by atoms with E-state index in [1.807, 2.05) is 0 Å². The summed E-state index contributed by atoms with van der Waals surface area (Å²) in [5, 5.41) is 12.3. The smallest absolute Gasteiger partial charge is 0.306 e. The van der Waals surface area contributed by atoms with Gasteiger partial charge in [0.2, 0.25) is 0 Å². The fourth-order valence-corrected chi connectivity index (χ4v) is 3.04. The van der Waals surface area contributed by atoms with Crippen LogP contribution in [0.1, 0.15) is 36.0 Å². The van der Waals surface area contributed by atoms with E-state index in [1.165, 1.54) is 0 Å². The van der Waals surface area contributed by atoms with Crippen LogP contribution in [0.25, 0.3) is 0 Å². The average molecular weight is 361 g/mol. The summed E-state index contributed by atoms with van der Waals surface area (Å²) >= 11 is 9.31. The minimum atomic E-state index is -0.788. The van der Waals surface area contributed by atoms with E-state index in [2.05, 4.69) is 21.2 Å². The summed E-state index contributed by atoms with van der Waals surface area (Å²) in [6, 6.07) is 4.98. The summed E-state index contributed by atoms with van der Waals surface area (Å²) in [5.74, 6) is -1.41. The van der Waals surface area contributed by atoms with Gasteiger partial charge in [-0.25, -0.2) is 0 Å². The van der Waals surface area contributed by atoms with Crippen molar-refractivity contribution in [2.75, 3.05) is 0 Å². The van der Waals surface area contributed by atoms with Crippen molar-refractivity contribution in [1.82, 2.24) is 5.32 Å². The number of carboxylic acids is 1. The summed E-state index contributed by atoms with van der Waals surface area (Å²) in [4.78, 5) is 23.2. The van der Waals surface area contributed by atoms with Gasteiger partial charge in [-0.05, 0) is 37.5 Å². The topological polar surface area (TPSA) is 66.4 Å². The van der Waals surface area contributed by atoms with E-state index in [0.717, 1.165) is 17.3 Å². The van der Waals surface area contributed by atoms with Crippen molar-refractivity contribution in [3.05, 3.63) is 33.3 Å². The van der Waals surface area contributed by atoms with E-state index in [0.29, 0.717) is 23.4 Å². The van der Waals surface area contributed by atoms with Crippen LogP contribution < -0.4 is 5.32 Å². The minimum absolute atomic E-state index is 0.104. The van der Waals surface area contributed by atoms with Crippen molar-refractivity contribution in [1.29, 1.82) is 0 Å². The molecule has 2 rings (SSSR count). The summed E-state index contributed by atoms with van der Waals surface area (Å²) in [6.07, 6.45) is 2.78. The standard InChI is InChI=1S/C14H15BrClNO3/c15-9-4-5-12(16)11(7-9)13(18)17-10-3-1-2-8(6-10)14(19)20/h4-5,7-8,10H,1-3,6H2,(H,17,18)(H,19,20). The van der Waals surface area contributed by atoms with Crippen molar-refractivity contribution in [3.8, 4) is 0 Å². The fraction of sp³-hybridized carbons (Fsp3) is 0.429. The maximum absolute atomic E-state index is 12.2. The van der Waals surface area contributed by atoms with E-state index in [1.54, 1.807) is 18.2 Å². The van der Waals surface area contributed by atoms with Gasteiger partial charge in [0, 0.05) is 10.5 Å². The number of carbonyl (C=O) groups is 2. The Bertz CT molecular complexity index is 535.